The Morgan fingerprint density at radius 1 is 1.22 bits per heavy atom. The molecule has 6 heteroatoms. The number of rotatable bonds is 4. The van der Waals surface area contributed by atoms with Gasteiger partial charge in [-0.25, -0.2) is 0 Å². The van der Waals surface area contributed by atoms with E-state index in [1.54, 1.807) is 25.3 Å². The molecule has 0 fully saturated rings. The number of carbonyl (C=O) groups excluding carboxylic acids is 1. The normalized spacial score (nSPS) is 10.2. The Morgan fingerprint density at radius 2 is 1.94 bits per heavy atom. The van der Waals surface area contributed by atoms with Gasteiger partial charge in [-0.2, -0.15) is 4.98 Å². The fraction of sp³-hybridized carbons (Fsp3) is 0.250. The Hall–Kier alpha value is -2.37. The average Bonchev–Trinajstić information content (AvgIpc) is 2.87. The molecule has 6 nitrogen and oxygen atoms in total. The molecule has 0 spiro atoms. The maximum absolute atomic E-state index is 11.1. The molecule has 0 radical (unpaired) electrons. The standard InChI is InChI=1S/C12H12N2O4/c1-7(15)11-13-12(18-14-11)8-4-5-9(16-2)10(6-8)17-3/h4-6H,1-3H3. The zero-order chi connectivity index (χ0) is 13.1. The molecule has 18 heavy (non-hydrogen) atoms. The van der Waals surface area contributed by atoms with Gasteiger partial charge in [-0.3, -0.25) is 4.79 Å². The Bertz CT molecular complexity index is 577. The smallest absolute Gasteiger partial charge is 0.258 e. The van der Waals surface area contributed by atoms with Crippen LogP contribution in [0.4, 0.5) is 0 Å². The van der Waals surface area contributed by atoms with Gasteiger partial charge in [0.05, 0.1) is 14.2 Å². The van der Waals surface area contributed by atoms with Crippen LogP contribution >= 0.6 is 0 Å². The van der Waals surface area contributed by atoms with Crippen LogP contribution in [0.3, 0.4) is 0 Å². The monoisotopic (exact) mass is 248 g/mol. The fourth-order valence-electron chi connectivity index (χ4n) is 1.45. The molecular formula is C12H12N2O4. The largest absolute Gasteiger partial charge is 0.493 e. The predicted octanol–water partition coefficient (Wildman–Crippen LogP) is 1.96. The highest BCUT2D eigenvalue weighted by molar-refractivity contribution is 5.90. The average molecular weight is 248 g/mol. The van der Waals surface area contributed by atoms with Gasteiger partial charge in [-0.1, -0.05) is 5.16 Å². The van der Waals surface area contributed by atoms with Gasteiger partial charge in [0, 0.05) is 12.5 Å². The Kier molecular flexibility index (Phi) is 3.27. The van der Waals surface area contributed by atoms with E-state index in [2.05, 4.69) is 10.1 Å². The van der Waals surface area contributed by atoms with E-state index in [1.807, 2.05) is 0 Å². The molecule has 0 saturated heterocycles. The first-order chi connectivity index (χ1) is 8.65. The van der Waals surface area contributed by atoms with E-state index in [0.29, 0.717) is 17.1 Å². The summed E-state index contributed by atoms with van der Waals surface area (Å²) in [6.45, 7) is 1.38. The summed E-state index contributed by atoms with van der Waals surface area (Å²) in [4.78, 5) is 15.1. The summed E-state index contributed by atoms with van der Waals surface area (Å²) in [6.07, 6.45) is 0. The quantitative estimate of drug-likeness (QED) is 0.770. The first kappa shape index (κ1) is 12.1. The topological polar surface area (TPSA) is 74.5 Å². The number of hydrogen-bond donors (Lipinski definition) is 0. The molecule has 0 aliphatic carbocycles. The second-order valence-electron chi connectivity index (χ2n) is 3.55. The van der Waals surface area contributed by atoms with Crippen LogP contribution in [0.2, 0.25) is 0 Å². The van der Waals surface area contributed by atoms with Crippen molar-refractivity contribution in [3.05, 3.63) is 24.0 Å². The number of hydrogen-bond acceptors (Lipinski definition) is 6. The van der Waals surface area contributed by atoms with Crippen LogP contribution in [0.15, 0.2) is 22.7 Å². The highest BCUT2D eigenvalue weighted by Gasteiger charge is 2.14. The Labute approximate surface area is 104 Å². The zero-order valence-corrected chi connectivity index (χ0v) is 10.3. The zero-order valence-electron chi connectivity index (χ0n) is 10.3. The number of ether oxygens (including phenoxy) is 2. The lowest BCUT2D eigenvalue weighted by atomic mass is 10.2. The third kappa shape index (κ3) is 2.17. The molecular weight excluding hydrogens is 236 g/mol. The predicted molar refractivity (Wildman–Crippen MR) is 62.8 cm³/mol. The van der Waals surface area contributed by atoms with Crippen LogP contribution in [0.1, 0.15) is 17.5 Å². The van der Waals surface area contributed by atoms with Crippen molar-refractivity contribution in [1.82, 2.24) is 10.1 Å². The van der Waals surface area contributed by atoms with Crippen molar-refractivity contribution >= 4 is 5.78 Å². The van der Waals surface area contributed by atoms with Gasteiger partial charge in [-0.15, -0.1) is 0 Å². The summed E-state index contributed by atoms with van der Waals surface area (Å²) in [5.74, 6) is 1.23. The van der Waals surface area contributed by atoms with Crippen LogP contribution in [-0.4, -0.2) is 30.1 Å². The molecule has 0 bridgehead atoms. The minimum atomic E-state index is -0.245. The molecule has 0 amide bonds. The van der Waals surface area contributed by atoms with Crippen molar-refractivity contribution < 1.29 is 18.8 Å². The number of Topliss-reactive ketones (excluding diaryl/α,β-unsaturated/α-hetero) is 1. The van der Waals surface area contributed by atoms with Gasteiger partial charge in [0.1, 0.15) is 0 Å². The number of benzene rings is 1. The van der Waals surface area contributed by atoms with Crippen molar-refractivity contribution in [3.63, 3.8) is 0 Å². The summed E-state index contributed by atoms with van der Waals surface area (Å²) in [5, 5.41) is 3.58. The molecule has 1 heterocycles. The van der Waals surface area contributed by atoms with E-state index in [1.165, 1.54) is 14.0 Å². The van der Waals surface area contributed by atoms with Gasteiger partial charge in [-0.05, 0) is 18.2 Å². The minimum Gasteiger partial charge on any atom is -0.493 e. The van der Waals surface area contributed by atoms with Crippen molar-refractivity contribution in [3.8, 4) is 23.0 Å². The highest BCUT2D eigenvalue weighted by atomic mass is 16.5. The molecule has 0 saturated carbocycles. The Balaban J connectivity index is 2.41. The number of ketones is 1. The first-order valence-electron chi connectivity index (χ1n) is 5.22. The van der Waals surface area contributed by atoms with E-state index >= 15 is 0 Å². The SMILES string of the molecule is COc1ccc(-c2nc(C(C)=O)no2)cc1OC. The number of aromatic nitrogens is 2. The van der Waals surface area contributed by atoms with E-state index in [0.717, 1.165) is 0 Å². The molecule has 94 valence electrons. The van der Waals surface area contributed by atoms with Crippen molar-refractivity contribution in [2.75, 3.05) is 14.2 Å². The maximum atomic E-state index is 11.1. The van der Waals surface area contributed by atoms with Gasteiger partial charge >= 0.3 is 0 Å². The van der Waals surface area contributed by atoms with Gasteiger partial charge in [0.2, 0.25) is 11.6 Å². The summed E-state index contributed by atoms with van der Waals surface area (Å²) in [6, 6.07) is 5.18. The first-order valence-corrected chi connectivity index (χ1v) is 5.22. The Morgan fingerprint density at radius 3 is 2.50 bits per heavy atom. The van der Waals surface area contributed by atoms with Crippen LogP contribution in [0.25, 0.3) is 11.5 Å². The number of methoxy groups -OCH3 is 2. The molecule has 0 aliphatic rings. The molecule has 1 aromatic carbocycles. The number of nitrogens with zero attached hydrogens (tertiary/aromatic N) is 2. The third-order valence-electron chi connectivity index (χ3n) is 2.37. The second kappa shape index (κ2) is 4.87. The lowest BCUT2D eigenvalue weighted by Gasteiger charge is -2.07. The van der Waals surface area contributed by atoms with Crippen LogP contribution in [0.5, 0.6) is 11.5 Å². The molecule has 0 atom stereocenters. The van der Waals surface area contributed by atoms with Crippen molar-refractivity contribution in [1.29, 1.82) is 0 Å². The lowest BCUT2D eigenvalue weighted by Crippen LogP contribution is -1.94. The highest BCUT2D eigenvalue weighted by Crippen LogP contribution is 2.31. The van der Waals surface area contributed by atoms with Crippen LogP contribution in [-0.2, 0) is 0 Å². The summed E-state index contributed by atoms with van der Waals surface area (Å²) >= 11 is 0. The van der Waals surface area contributed by atoms with E-state index in [9.17, 15) is 4.79 Å². The molecule has 2 aromatic rings. The van der Waals surface area contributed by atoms with Gasteiger partial charge in [0.15, 0.2) is 11.5 Å². The van der Waals surface area contributed by atoms with Gasteiger partial charge < -0.3 is 14.0 Å². The molecule has 0 unspecified atom stereocenters. The lowest BCUT2D eigenvalue weighted by molar-refractivity contribution is 0.100. The minimum absolute atomic E-state index is 0.0554. The summed E-state index contributed by atoms with van der Waals surface area (Å²) < 4.78 is 15.3. The van der Waals surface area contributed by atoms with Crippen LogP contribution < -0.4 is 9.47 Å². The molecule has 0 aliphatic heterocycles. The second-order valence-corrected chi connectivity index (χ2v) is 3.55. The van der Waals surface area contributed by atoms with Gasteiger partial charge in [0.25, 0.3) is 5.89 Å². The number of carbonyl (C=O) groups is 1. The van der Waals surface area contributed by atoms with Crippen LogP contribution in [0, 0.1) is 0 Å². The van der Waals surface area contributed by atoms with E-state index < -0.39 is 0 Å². The molecule has 0 N–H and O–H groups in total. The molecule has 1 aromatic heterocycles. The van der Waals surface area contributed by atoms with E-state index in [4.69, 9.17) is 14.0 Å². The third-order valence-corrected chi connectivity index (χ3v) is 2.37. The fourth-order valence-corrected chi connectivity index (χ4v) is 1.45. The van der Waals surface area contributed by atoms with E-state index in [-0.39, 0.29) is 17.5 Å². The van der Waals surface area contributed by atoms with Crippen molar-refractivity contribution in [2.45, 2.75) is 6.92 Å². The summed E-state index contributed by atoms with van der Waals surface area (Å²) in [5.41, 5.74) is 0.660. The summed E-state index contributed by atoms with van der Waals surface area (Å²) in [7, 11) is 3.09. The van der Waals surface area contributed by atoms with Crippen molar-refractivity contribution in [2.24, 2.45) is 0 Å². The maximum Gasteiger partial charge on any atom is 0.258 e. The molecule has 2 rings (SSSR count).